The van der Waals surface area contributed by atoms with E-state index in [0.717, 1.165) is 17.5 Å². The number of hydrogen-bond donors (Lipinski definition) is 0. The van der Waals surface area contributed by atoms with Gasteiger partial charge >= 0.3 is 0 Å². The molecule has 0 N–H and O–H groups in total. The molecule has 0 atom stereocenters. The Balaban J connectivity index is 1.43. The van der Waals surface area contributed by atoms with E-state index < -0.39 is 0 Å². The average Bonchev–Trinajstić information content (AvgIpc) is 2.59. The molecule has 0 radical (unpaired) electrons. The maximum atomic E-state index is 13.3. The van der Waals surface area contributed by atoms with Gasteiger partial charge in [0.05, 0.1) is 0 Å². The van der Waals surface area contributed by atoms with E-state index in [1.807, 2.05) is 11.9 Å². The number of benzene rings is 2. The van der Waals surface area contributed by atoms with E-state index in [9.17, 15) is 4.79 Å². The minimum absolute atomic E-state index is 0.272. The Labute approximate surface area is 143 Å². The fourth-order valence-corrected chi connectivity index (χ4v) is 6.06. The van der Waals surface area contributed by atoms with Crippen LogP contribution in [0.5, 0.6) is 0 Å². The molecule has 2 aromatic rings. The second-order valence-corrected chi connectivity index (χ2v) is 8.39. The largest absolute Gasteiger partial charge is 0.315 e. The van der Waals surface area contributed by atoms with Crippen LogP contribution in [0.3, 0.4) is 0 Å². The normalized spacial score (nSPS) is 33.8. The van der Waals surface area contributed by atoms with Crippen molar-refractivity contribution >= 4 is 22.4 Å². The molecular formula is C22H25NO. The van der Waals surface area contributed by atoms with Crippen LogP contribution >= 0.6 is 0 Å². The summed E-state index contributed by atoms with van der Waals surface area (Å²) in [5, 5.41) is 2.44. The number of carbonyl (C=O) groups excluding carboxylic acids is 1. The quantitative estimate of drug-likeness (QED) is 0.773. The second-order valence-electron chi connectivity index (χ2n) is 8.39. The Morgan fingerprint density at radius 2 is 1.50 bits per heavy atom. The first kappa shape index (κ1) is 14.5. The van der Waals surface area contributed by atoms with E-state index in [2.05, 4.69) is 42.5 Å². The number of hydrogen-bond acceptors (Lipinski definition) is 1. The molecule has 4 bridgehead atoms. The molecule has 1 amide bonds. The van der Waals surface area contributed by atoms with Crippen molar-refractivity contribution in [3.8, 4) is 0 Å². The molecule has 4 aliphatic carbocycles. The van der Waals surface area contributed by atoms with Gasteiger partial charge in [-0.3, -0.25) is 4.79 Å². The first-order valence-electron chi connectivity index (χ1n) is 9.45. The molecule has 0 unspecified atom stereocenters. The third kappa shape index (κ3) is 2.19. The lowest BCUT2D eigenvalue weighted by Crippen LogP contribution is -2.51. The zero-order valence-corrected chi connectivity index (χ0v) is 14.3. The van der Waals surface area contributed by atoms with Crippen molar-refractivity contribution in [3.05, 3.63) is 42.5 Å². The van der Waals surface area contributed by atoms with Gasteiger partial charge in [-0.15, -0.1) is 0 Å². The minimum atomic E-state index is 0.272. The molecule has 4 saturated carbocycles. The average molecular weight is 319 g/mol. The van der Waals surface area contributed by atoms with E-state index in [1.165, 1.54) is 42.9 Å². The Bertz CT molecular complexity index is 767. The van der Waals surface area contributed by atoms with Crippen LogP contribution < -0.4 is 4.90 Å². The van der Waals surface area contributed by atoms with Crippen molar-refractivity contribution in [2.45, 2.75) is 32.1 Å². The Kier molecular flexibility index (Phi) is 3.23. The highest BCUT2D eigenvalue weighted by Gasteiger charge is 2.51. The number of anilines is 1. The van der Waals surface area contributed by atoms with Crippen molar-refractivity contribution in [1.82, 2.24) is 0 Å². The summed E-state index contributed by atoms with van der Waals surface area (Å²) in [5.41, 5.74) is 1.03. The molecule has 0 saturated heterocycles. The summed E-state index contributed by atoms with van der Waals surface area (Å²) >= 11 is 0. The van der Waals surface area contributed by atoms with Crippen LogP contribution in [0.4, 0.5) is 5.69 Å². The summed E-state index contributed by atoms with van der Waals surface area (Å²) in [4.78, 5) is 15.2. The summed E-state index contributed by atoms with van der Waals surface area (Å²) in [6, 6.07) is 14.8. The maximum Gasteiger partial charge on any atom is 0.230 e. The lowest BCUT2D eigenvalue weighted by atomic mass is 9.51. The lowest BCUT2D eigenvalue weighted by molar-refractivity contribution is -0.135. The van der Waals surface area contributed by atoms with E-state index in [-0.39, 0.29) is 5.92 Å². The van der Waals surface area contributed by atoms with E-state index >= 15 is 0 Å². The highest BCUT2D eigenvalue weighted by atomic mass is 16.2. The van der Waals surface area contributed by atoms with Crippen LogP contribution in [-0.2, 0) is 4.79 Å². The van der Waals surface area contributed by atoms with Gasteiger partial charge in [-0.05, 0) is 78.7 Å². The molecule has 2 heteroatoms. The van der Waals surface area contributed by atoms with Gasteiger partial charge in [0, 0.05) is 18.7 Å². The zero-order chi connectivity index (χ0) is 16.3. The monoisotopic (exact) mass is 319 g/mol. The molecule has 2 aromatic carbocycles. The summed E-state index contributed by atoms with van der Waals surface area (Å²) in [6.45, 7) is 0. The lowest BCUT2D eigenvalue weighted by Gasteiger charge is -2.54. The first-order chi connectivity index (χ1) is 11.7. The van der Waals surface area contributed by atoms with Crippen LogP contribution in [0.15, 0.2) is 42.5 Å². The van der Waals surface area contributed by atoms with Crippen LogP contribution in [0.25, 0.3) is 10.8 Å². The predicted molar refractivity (Wildman–Crippen MR) is 97.9 cm³/mol. The maximum absolute atomic E-state index is 13.3. The fraction of sp³-hybridized carbons (Fsp3) is 0.500. The van der Waals surface area contributed by atoms with E-state index in [4.69, 9.17) is 0 Å². The molecule has 124 valence electrons. The van der Waals surface area contributed by atoms with Gasteiger partial charge in [-0.2, -0.15) is 0 Å². The van der Waals surface area contributed by atoms with Crippen molar-refractivity contribution < 1.29 is 4.79 Å². The smallest absolute Gasteiger partial charge is 0.230 e. The summed E-state index contributed by atoms with van der Waals surface area (Å²) in [5.74, 6) is 3.77. The van der Waals surface area contributed by atoms with Crippen molar-refractivity contribution in [2.24, 2.45) is 29.6 Å². The third-order valence-electron chi connectivity index (χ3n) is 6.96. The van der Waals surface area contributed by atoms with Crippen LogP contribution in [0.1, 0.15) is 32.1 Å². The van der Waals surface area contributed by atoms with E-state index in [1.54, 1.807) is 0 Å². The van der Waals surface area contributed by atoms with Crippen molar-refractivity contribution in [3.63, 3.8) is 0 Å². The number of nitrogens with zero attached hydrogens (tertiary/aromatic N) is 1. The number of fused-ring (bicyclic) bond motifs is 1. The van der Waals surface area contributed by atoms with Crippen LogP contribution in [0, 0.1) is 29.6 Å². The minimum Gasteiger partial charge on any atom is -0.315 e. The number of amides is 1. The SMILES string of the molecule is CN(C(=O)C1C2CC3CC(C2)CC1C3)c1ccc2ccccc2c1. The standard InChI is InChI=1S/C22H25NO/c1-23(20-7-6-16-4-2-3-5-17(16)13-20)22(24)21-18-9-14-8-15(11-18)12-19(21)10-14/h2-7,13-15,18-19,21H,8-12H2,1H3. The molecule has 2 nitrogen and oxygen atoms in total. The first-order valence-corrected chi connectivity index (χ1v) is 9.45. The molecule has 0 aliphatic heterocycles. The highest BCUT2D eigenvalue weighted by molar-refractivity contribution is 5.97. The Hall–Kier alpha value is -1.83. The van der Waals surface area contributed by atoms with E-state index in [0.29, 0.717) is 17.7 Å². The van der Waals surface area contributed by atoms with Gasteiger partial charge in [0.2, 0.25) is 5.91 Å². The van der Waals surface area contributed by atoms with Gasteiger partial charge < -0.3 is 4.90 Å². The van der Waals surface area contributed by atoms with Gasteiger partial charge in [0.1, 0.15) is 0 Å². The molecule has 6 rings (SSSR count). The van der Waals surface area contributed by atoms with Crippen molar-refractivity contribution in [1.29, 1.82) is 0 Å². The molecule has 4 aliphatic rings. The number of carbonyl (C=O) groups is 1. The summed E-state index contributed by atoms with van der Waals surface area (Å²) in [6.07, 6.45) is 6.64. The highest BCUT2D eigenvalue weighted by Crippen LogP contribution is 2.56. The molecule has 24 heavy (non-hydrogen) atoms. The third-order valence-corrected chi connectivity index (χ3v) is 6.96. The molecule has 0 spiro atoms. The summed E-state index contributed by atoms with van der Waals surface area (Å²) < 4.78 is 0. The fourth-order valence-electron chi connectivity index (χ4n) is 6.06. The Morgan fingerprint density at radius 1 is 0.875 bits per heavy atom. The molecule has 4 fully saturated rings. The Morgan fingerprint density at radius 3 is 2.17 bits per heavy atom. The van der Waals surface area contributed by atoms with Gasteiger partial charge in [0.25, 0.3) is 0 Å². The van der Waals surface area contributed by atoms with Gasteiger partial charge in [0.15, 0.2) is 0 Å². The zero-order valence-electron chi connectivity index (χ0n) is 14.3. The van der Waals surface area contributed by atoms with Gasteiger partial charge in [-0.25, -0.2) is 0 Å². The molecule has 0 aromatic heterocycles. The van der Waals surface area contributed by atoms with Crippen LogP contribution in [-0.4, -0.2) is 13.0 Å². The summed E-state index contributed by atoms with van der Waals surface area (Å²) in [7, 11) is 1.97. The number of rotatable bonds is 2. The van der Waals surface area contributed by atoms with Gasteiger partial charge in [-0.1, -0.05) is 30.3 Å². The second kappa shape index (κ2) is 5.34. The predicted octanol–water partition coefficient (Wildman–Crippen LogP) is 4.87. The van der Waals surface area contributed by atoms with Crippen LogP contribution in [0.2, 0.25) is 0 Å². The molecule has 0 heterocycles. The topological polar surface area (TPSA) is 20.3 Å². The van der Waals surface area contributed by atoms with Crippen molar-refractivity contribution in [2.75, 3.05) is 11.9 Å². The molecular weight excluding hydrogens is 294 g/mol.